The monoisotopic (exact) mass is 850 g/mol. The number of ether oxygens (including phenoxy) is 2. The van der Waals surface area contributed by atoms with E-state index in [1.165, 1.54) is 21.1 Å². The number of thioether (sulfide) groups is 1. The molecule has 1 aromatic carbocycles. The van der Waals surface area contributed by atoms with Gasteiger partial charge in [-0.3, -0.25) is 23.9 Å². The number of rotatable bonds is 23. The molecule has 4 aromatic rings. The second-order valence-electron chi connectivity index (χ2n) is 15.0. The van der Waals surface area contributed by atoms with Gasteiger partial charge in [0.2, 0.25) is 17.7 Å². The Morgan fingerprint density at radius 3 is 2.41 bits per heavy atom. The predicted octanol–water partition coefficient (Wildman–Crippen LogP) is 3.65. The number of carbonyl (C=O) groups excluding carboxylic acids is 3. The number of aromatic nitrogens is 4. The summed E-state index contributed by atoms with van der Waals surface area (Å²) in [5.41, 5.74) is 1.46. The number of benzene rings is 1. The van der Waals surface area contributed by atoms with E-state index in [1.807, 2.05) is 30.3 Å². The van der Waals surface area contributed by atoms with Gasteiger partial charge in [0, 0.05) is 54.2 Å². The van der Waals surface area contributed by atoms with Crippen molar-refractivity contribution in [1.29, 1.82) is 0 Å². The van der Waals surface area contributed by atoms with Crippen molar-refractivity contribution in [1.82, 2.24) is 39.4 Å². The molecular formula is C41H54N8O8S2. The summed E-state index contributed by atoms with van der Waals surface area (Å²) in [6, 6.07) is 12.1. The molecular weight excluding hydrogens is 797 g/mol. The highest BCUT2D eigenvalue weighted by atomic mass is 32.2. The van der Waals surface area contributed by atoms with E-state index < -0.39 is 28.5 Å². The highest BCUT2D eigenvalue weighted by molar-refractivity contribution is 8.03. The molecule has 1 unspecified atom stereocenters. The average molecular weight is 851 g/mol. The van der Waals surface area contributed by atoms with Gasteiger partial charge in [-0.1, -0.05) is 26.0 Å². The summed E-state index contributed by atoms with van der Waals surface area (Å²) in [7, 11) is 0. The minimum Gasteiger partial charge on any atom is -0.480 e. The topological polar surface area (TPSA) is 199 Å². The Labute approximate surface area is 352 Å². The maximum absolute atomic E-state index is 13.8. The molecule has 3 aromatic heterocycles. The lowest BCUT2D eigenvalue weighted by Gasteiger charge is -2.30. The molecule has 16 nitrogen and oxygen atoms in total. The zero-order valence-electron chi connectivity index (χ0n) is 33.9. The molecule has 0 radical (unpaired) electrons. The summed E-state index contributed by atoms with van der Waals surface area (Å²) in [5.74, 6) is -0.777. The fourth-order valence-electron chi connectivity index (χ4n) is 6.51. The van der Waals surface area contributed by atoms with Crippen LogP contribution in [0.15, 0.2) is 76.8 Å². The molecule has 318 valence electrons. The fraction of sp³-hybridized carbons (Fsp3) is 0.488. The Morgan fingerprint density at radius 1 is 0.966 bits per heavy atom. The lowest BCUT2D eigenvalue weighted by Crippen LogP contribution is -2.54. The molecule has 1 saturated heterocycles. The van der Waals surface area contributed by atoms with E-state index in [1.54, 1.807) is 66.8 Å². The Bertz CT molecular complexity index is 2080. The van der Waals surface area contributed by atoms with E-state index in [0.29, 0.717) is 60.6 Å². The largest absolute Gasteiger partial charge is 0.480 e. The number of hydrogen-bond donors (Lipinski definition) is 4. The van der Waals surface area contributed by atoms with Crippen LogP contribution in [0.4, 0.5) is 0 Å². The molecule has 1 fully saturated rings. The summed E-state index contributed by atoms with van der Waals surface area (Å²) < 4.78 is 15.2. The Balaban J connectivity index is 1.11. The second kappa shape index (κ2) is 22.0. The van der Waals surface area contributed by atoms with Crippen LogP contribution in [0.25, 0.3) is 16.9 Å². The number of nitrogens with one attached hydrogen (secondary N) is 3. The van der Waals surface area contributed by atoms with Crippen molar-refractivity contribution in [3.05, 3.63) is 83.2 Å². The van der Waals surface area contributed by atoms with E-state index in [9.17, 15) is 29.1 Å². The second-order valence-corrected chi connectivity index (χ2v) is 17.7. The van der Waals surface area contributed by atoms with E-state index in [2.05, 4.69) is 39.8 Å². The lowest BCUT2D eigenvalue weighted by atomic mass is 10.0. The van der Waals surface area contributed by atoms with Gasteiger partial charge in [0.25, 0.3) is 0 Å². The third-order valence-electron chi connectivity index (χ3n) is 9.55. The van der Waals surface area contributed by atoms with Crippen molar-refractivity contribution >= 4 is 58.6 Å². The van der Waals surface area contributed by atoms with Crippen LogP contribution in [0, 0.1) is 5.92 Å². The van der Waals surface area contributed by atoms with Crippen molar-refractivity contribution in [2.24, 2.45) is 5.92 Å². The third-order valence-corrected chi connectivity index (χ3v) is 12.1. The molecule has 0 spiro atoms. The van der Waals surface area contributed by atoms with Gasteiger partial charge in [0.05, 0.1) is 43.5 Å². The van der Waals surface area contributed by atoms with Gasteiger partial charge in [-0.05, 0) is 86.5 Å². The zero-order chi connectivity index (χ0) is 42.4. The normalized spacial score (nSPS) is 15.6. The highest BCUT2D eigenvalue weighted by Crippen LogP contribution is 2.44. The molecule has 59 heavy (non-hydrogen) atoms. The number of aliphatic carboxylic acids is 1. The third kappa shape index (κ3) is 13.1. The molecule has 3 amide bonds. The minimum atomic E-state index is -1.20. The van der Waals surface area contributed by atoms with Crippen LogP contribution < -0.4 is 21.6 Å². The SMILES string of the molecule is CC(C)CCCNC(=O)CCOCCOCCNC(=O)Cn1c(=O)n(-c2ccc(C[C@H](NC(=O)C3N(Sc4cccnc4)CSC3(C)C)C(=O)O)cc2)c2ncccc21. The lowest BCUT2D eigenvalue weighted by molar-refractivity contribution is -0.142. The Morgan fingerprint density at radius 2 is 1.69 bits per heavy atom. The average Bonchev–Trinajstić information content (AvgIpc) is 3.66. The van der Waals surface area contributed by atoms with Gasteiger partial charge in [0.1, 0.15) is 18.6 Å². The number of hydrogen-bond acceptors (Lipinski definition) is 12. The van der Waals surface area contributed by atoms with E-state index in [4.69, 9.17) is 9.47 Å². The smallest absolute Gasteiger partial charge is 0.335 e. The standard InChI is InChI=1S/C41H54N8O8S2/c1-28(2)8-5-17-43-34(50)15-20-56-22-23-57-21-19-44-35(51)26-47-33-10-7-18-45-37(33)49(40(47)55)30-13-11-29(12-14-30)24-32(39(53)54)46-38(52)36-41(3,4)58-27-48(36)59-31-9-6-16-42-25-31/h6-7,9-14,16,18,25,28,32,36H,5,8,15,17,19-24,26-27H2,1-4H3,(H,43,50)(H,44,51)(H,46,52)(H,53,54)/t32-,36?/m0/s1. The van der Waals surface area contributed by atoms with Crippen molar-refractivity contribution < 1.29 is 33.8 Å². The first-order chi connectivity index (χ1) is 28.3. The molecule has 5 rings (SSSR count). The van der Waals surface area contributed by atoms with Gasteiger partial charge in [-0.25, -0.2) is 23.4 Å². The summed E-state index contributed by atoms with van der Waals surface area (Å²) >= 11 is 3.03. The number of amides is 3. The maximum atomic E-state index is 13.8. The molecule has 4 heterocycles. The van der Waals surface area contributed by atoms with Crippen LogP contribution >= 0.6 is 23.7 Å². The van der Waals surface area contributed by atoms with Crippen LogP contribution in [0.3, 0.4) is 0 Å². The quantitative estimate of drug-likeness (QED) is 0.0624. The summed E-state index contributed by atoms with van der Waals surface area (Å²) in [6.07, 6.45) is 7.29. The summed E-state index contributed by atoms with van der Waals surface area (Å²) in [6.45, 7) is 10.1. The molecule has 0 aliphatic carbocycles. The van der Waals surface area contributed by atoms with Gasteiger partial charge < -0.3 is 30.5 Å². The van der Waals surface area contributed by atoms with Gasteiger partial charge in [-0.2, -0.15) is 0 Å². The first-order valence-electron chi connectivity index (χ1n) is 19.7. The van der Waals surface area contributed by atoms with Crippen molar-refractivity contribution in [3.63, 3.8) is 0 Å². The van der Waals surface area contributed by atoms with Crippen molar-refractivity contribution in [2.75, 3.05) is 45.4 Å². The maximum Gasteiger partial charge on any atom is 0.335 e. The first kappa shape index (κ1) is 45.3. The molecule has 1 aliphatic rings. The number of imidazole rings is 1. The molecule has 4 N–H and O–H groups in total. The van der Waals surface area contributed by atoms with Crippen molar-refractivity contribution in [3.8, 4) is 5.69 Å². The molecule has 2 atom stereocenters. The van der Waals surface area contributed by atoms with E-state index >= 15 is 0 Å². The van der Waals surface area contributed by atoms with Gasteiger partial charge in [-0.15, -0.1) is 11.8 Å². The van der Waals surface area contributed by atoms with Gasteiger partial charge in [0.15, 0.2) is 5.65 Å². The number of carbonyl (C=O) groups is 4. The number of nitrogens with zero attached hydrogens (tertiary/aromatic N) is 5. The molecule has 0 bridgehead atoms. The van der Waals surface area contributed by atoms with Crippen LogP contribution in [-0.2, 0) is 41.6 Å². The number of pyridine rings is 2. The Hall–Kier alpha value is -4.75. The van der Waals surface area contributed by atoms with E-state index in [-0.39, 0.29) is 50.3 Å². The molecule has 0 saturated carbocycles. The number of carboxylic acid groups (broad SMARTS) is 1. The van der Waals surface area contributed by atoms with Crippen LogP contribution in [0.5, 0.6) is 0 Å². The van der Waals surface area contributed by atoms with Crippen LogP contribution in [0.2, 0.25) is 0 Å². The Kier molecular flexibility index (Phi) is 16.9. The van der Waals surface area contributed by atoms with Crippen LogP contribution in [-0.4, -0.2) is 114 Å². The fourth-order valence-corrected chi connectivity index (χ4v) is 8.93. The predicted molar refractivity (Wildman–Crippen MR) is 227 cm³/mol. The van der Waals surface area contributed by atoms with E-state index in [0.717, 1.165) is 17.7 Å². The van der Waals surface area contributed by atoms with Crippen molar-refractivity contribution in [2.45, 2.75) is 81.6 Å². The first-order valence-corrected chi connectivity index (χ1v) is 21.5. The molecule has 1 aliphatic heterocycles. The molecule has 18 heteroatoms. The van der Waals surface area contributed by atoms with Gasteiger partial charge >= 0.3 is 11.7 Å². The number of fused-ring (bicyclic) bond motifs is 1. The zero-order valence-corrected chi connectivity index (χ0v) is 35.6. The minimum absolute atomic E-state index is 0.0146. The summed E-state index contributed by atoms with van der Waals surface area (Å²) in [4.78, 5) is 74.1. The van der Waals surface area contributed by atoms with Crippen LogP contribution in [0.1, 0.15) is 52.5 Å². The summed E-state index contributed by atoms with van der Waals surface area (Å²) in [5, 5.41) is 18.6. The highest BCUT2D eigenvalue weighted by Gasteiger charge is 2.47. The number of carboxylic acids is 1.